The minimum atomic E-state index is 0.00434. The summed E-state index contributed by atoms with van der Waals surface area (Å²) in [5, 5.41) is 11.6. The van der Waals surface area contributed by atoms with E-state index in [1.165, 1.54) is 22.7 Å². The van der Waals surface area contributed by atoms with Crippen molar-refractivity contribution >= 4 is 22.6 Å². The average molecular weight is 278 g/mol. The van der Waals surface area contributed by atoms with Crippen LogP contribution < -0.4 is 5.32 Å². The molecule has 2 N–H and O–H groups in total. The van der Waals surface area contributed by atoms with Gasteiger partial charge in [-0.25, -0.2) is 5.10 Å². The Morgan fingerprint density at radius 3 is 2.90 bits per heavy atom. The van der Waals surface area contributed by atoms with Crippen LogP contribution in [0.5, 0.6) is 0 Å². The van der Waals surface area contributed by atoms with Gasteiger partial charge in [0.15, 0.2) is 0 Å². The van der Waals surface area contributed by atoms with Crippen LogP contribution in [0.15, 0.2) is 48.8 Å². The number of aromatic nitrogens is 3. The van der Waals surface area contributed by atoms with Crippen molar-refractivity contribution in [3.05, 3.63) is 54.4 Å². The molecule has 0 radical (unpaired) electrons. The fourth-order valence-corrected chi connectivity index (χ4v) is 2.88. The summed E-state index contributed by atoms with van der Waals surface area (Å²) in [6, 6.07) is 14.6. The van der Waals surface area contributed by atoms with Gasteiger partial charge in [0.05, 0.1) is 0 Å². The van der Waals surface area contributed by atoms with Gasteiger partial charge in [0.1, 0.15) is 6.33 Å². The fraction of sp³-hybridized carbons (Fsp3) is 0.188. The number of anilines is 1. The number of H-pyrrole nitrogens is 1. The lowest BCUT2D eigenvalue weighted by molar-refractivity contribution is -0.117. The monoisotopic (exact) mass is 278 g/mol. The zero-order valence-corrected chi connectivity index (χ0v) is 11.3. The second-order valence-corrected chi connectivity index (χ2v) is 5.34. The van der Waals surface area contributed by atoms with E-state index in [9.17, 15) is 4.79 Å². The Hall–Kier alpha value is -2.69. The Bertz CT molecular complexity index is 792. The zero-order valence-electron chi connectivity index (χ0n) is 11.3. The SMILES string of the molecule is O=C(Nc1ncn[nH]1)[C@H]1C[C@H]1c1cccc2ccccc12. The molecule has 1 aromatic heterocycles. The average Bonchev–Trinajstić information content (AvgIpc) is 3.16. The summed E-state index contributed by atoms with van der Waals surface area (Å²) < 4.78 is 0. The highest BCUT2D eigenvalue weighted by Gasteiger charge is 2.44. The molecule has 2 atom stereocenters. The normalized spacial score (nSPS) is 20.4. The molecule has 5 heteroatoms. The lowest BCUT2D eigenvalue weighted by atomic mass is 10.00. The molecule has 21 heavy (non-hydrogen) atoms. The first-order valence-corrected chi connectivity index (χ1v) is 6.97. The molecule has 104 valence electrons. The van der Waals surface area contributed by atoms with Gasteiger partial charge in [0, 0.05) is 5.92 Å². The minimum Gasteiger partial charge on any atom is -0.295 e. The molecule has 1 amide bonds. The number of hydrogen-bond donors (Lipinski definition) is 2. The summed E-state index contributed by atoms with van der Waals surface area (Å²) in [5.74, 6) is 0.716. The fourth-order valence-electron chi connectivity index (χ4n) is 2.88. The van der Waals surface area contributed by atoms with Crippen LogP contribution in [-0.2, 0) is 4.79 Å². The Labute approximate surface area is 121 Å². The Kier molecular flexibility index (Phi) is 2.70. The van der Waals surface area contributed by atoms with Crippen molar-refractivity contribution < 1.29 is 4.79 Å². The van der Waals surface area contributed by atoms with E-state index in [-0.39, 0.29) is 11.8 Å². The van der Waals surface area contributed by atoms with Crippen LogP contribution in [0, 0.1) is 5.92 Å². The number of nitrogens with zero attached hydrogens (tertiary/aromatic N) is 2. The molecule has 0 spiro atoms. The third-order valence-electron chi connectivity index (χ3n) is 4.01. The van der Waals surface area contributed by atoms with E-state index in [0.29, 0.717) is 11.9 Å². The highest BCUT2D eigenvalue weighted by molar-refractivity contribution is 5.95. The molecular formula is C16H14N4O. The number of hydrogen-bond acceptors (Lipinski definition) is 3. The molecule has 5 nitrogen and oxygen atoms in total. The molecule has 1 aliphatic carbocycles. The van der Waals surface area contributed by atoms with E-state index in [2.05, 4.69) is 50.8 Å². The van der Waals surface area contributed by atoms with Crippen molar-refractivity contribution in [2.75, 3.05) is 5.32 Å². The van der Waals surface area contributed by atoms with Gasteiger partial charge < -0.3 is 0 Å². The van der Waals surface area contributed by atoms with E-state index in [4.69, 9.17) is 0 Å². The molecule has 0 aliphatic heterocycles. The van der Waals surface area contributed by atoms with Gasteiger partial charge in [-0.1, -0.05) is 42.5 Å². The minimum absolute atomic E-state index is 0.00434. The molecule has 0 bridgehead atoms. The third kappa shape index (κ3) is 2.16. The molecule has 1 fully saturated rings. The van der Waals surface area contributed by atoms with Gasteiger partial charge in [-0.3, -0.25) is 10.1 Å². The largest absolute Gasteiger partial charge is 0.295 e. The molecule has 2 aromatic carbocycles. The molecule has 3 aromatic rings. The maximum Gasteiger partial charge on any atom is 0.230 e. The quantitative estimate of drug-likeness (QED) is 0.773. The van der Waals surface area contributed by atoms with Crippen LogP contribution in [0.25, 0.3) is 10.8 Å². The van der Waals surface area contributed by atoms with Crippen molar-refractivity contribution in [3.8, 4) is 0 Å². The van der Waals surface area contributed by atoms with Crippen LogP contribution in [0.1, 0.15) is 17.9 Å². The summed E-state index contributed by atoms with van der Waals surface area (Å²) >= 11 is 0. The van der Waals surface area contributed by atoms with Crippen molar-refractivity contribution in [2.24, 2.45) is 5.92 Å². The number of rotatable bonds is 3. The highest BCUT2D eigenvalue weighted by Crippen LogP contribution is 2.49. The number of carbonyl (C=O) groups is 1. The van der Waals surface area contributed by atoms with E-state index in [1.807, 2.05) is 12.1 Å². The van der Waals surface area contributed by atoms with Crippen LogP contribution in [0.2, 0.25) is 0 Å². The number of nitrogens with one attached hydrogen (secondary N) is 2. The Morgan fingerprint density at radius 2 is 2.05 bits per heavy atom. The lowest BCUT2D eigenvalue weighted by Crippen LogP contribution is -2.15. The van der Waals surface area contributed by atoms with Gasteiger partial charge in [0.2, 0.25) is 11.9 Å². The van der Waals surface area contributed by atoms with E-state index in [0.717, 1.165) is 6.42 Å². The molecule has 1 aliphatic rings. The lowest BCUT2D eigenvalue weighted by Gasteiger charge is -2.06. The van der Waals surface area contributed by atoms with Crippen LogP contribution in [0.4, 0.5) is 5.95 Å². The maximum absolute atomic E-state index is 12.2. The highest BCUT2D eigenvalue weighted by atomic mass is 16.2. The van der Waals surface area contributed by atoms with E-state index in [1.54, 1.807) is 0 Å². The van der Waals surface area contributed by atoms with Gasteiger partial charge in [-0.2, -0.15) is 10.1 Å². The summed E-state index contributed by atoms with van der Waals surface area (Å²) in [5.41, 5.74) is 1.26. The smallest absolute Gasteiger partial charge is 0.230 e. The van der Waals surface area contributed by atoms with Crippen LogP contribution in [-0.4, -0.2) is 21.1 Å². The molecule has 0 unspecified atom stereocenters. The van der Waals surface area contributed by atoms with Crippen molar-refractivity contribution in [1.29, 1.82) is 0 Å². The first-order chi connectivity index (χ1) is 10.3. The predicted molar refractivity (Wildman–Crippen MR) is 79.8 cm³/mol. The topological polar surface area (TPSA) is 70.7 Å². The molecular weight excluding hydrogens is 264 g/mol. The predicted octanol–water partition coefficient (Wildman–Crippen LogP) is 2.70. The summed E-state index contributed by atoms with van der Waals surface area (Å²) in [6.45, 7) is 0. The molecule has 1 heterocycles. The summed E-state index contributed by atoms with van der Waals surface area (Å²) in [4.78, 5) is 16.1. The number of benzene rings is 2. The van der Waals surface area contributed by atoms with Crippen molar-refractivity contribution in [1.82, 2.24) is 15.2 Å². The Balaban J connectivity index is 1.57. The zero-order chi connectivity index (χ0) is 14.2. The molecule has 0 saturated heterocycles. The van der Waals surface area contributed by atoms with Gasteiger partial charge in [-0.15, -0.1) is 0 Å². The second kappa shape index (κ2) is 4.70. The van der Waals surface area contributed by atoms with Crippen molar-refractivity contribution in [2.45, 2.75) is 12.3 Å². The number of aromatic amines is 1. The molecule has 1 saturated carbocycles. The van der Waals surface area contributed by atoms with Gasteiger partial charge >= 0.3 is 0 Å². The van der Waals surface area contributed by atoms with Crippen LogP contribution in [0.3, 0.4) is 0 Å². The van der Waals surface area contributed by atoms with E-state index < -0.39 is 0 Å². The third-order valence-corrected chi connectivity index (χ3v) is 4.01. The van der Waals surface area contributed by atoms with Crippen LogP contribution >= 0.6 is 0 Å². The first-order valence-electron chi connectivity index (χ1n) is 6.97. The number of carbonyl (C=O) groups excluding carboxylic acids is 1. The van der Waals surface area contributed by atoms with Crippen molar-refractivity contribution in [3.63, 3.8) is 0 Å². The maximum atomic E-state index is 12.2. The first kappa shape index (κ1) is 12.1. The van der Waals surface area contributed by atoms with E-state index >= 15 is 0 Å². The number of amides is 1. The van der Waals surface area contributed by atoms with Gasteiger partial charge in [0.25, 0.3) is 0 Å². The summed E-state index contributed by atoms with van der Waals surface area (Å²) in [6.07, 6.45) is 2.26. The molecule has 4 rings (SSSR count). The summed E-state index contributed by atoms with van der Waals surface area (Å²) in [7, 11) is 0. The standard InChI is InChI=1S/C16H14N4O/c21-15(19-16-17-9-18-20-16)14-8-13(14)12-7-3-5-10-4-1-2-6-11(10)12/h1-7,9,13-14H,8H2,(H2,17,18,19,20,21)/t13-,14-/m0/s1. The Morgan fingerprint density at radius 1 is 1.19 bits per heavy atom. The van der Waals surface area contributed by atoms with Gasteiger partial charge in [-0.05, 0) is 28.7 Å². The second-order valence-electron chi connectivity index (χ2n) is 5.34. The number of fused-ring (bicyclic) bond motifs is 1.